The molecule has 1 aromatic heterocycles. The molecule has 0 amide bonds. The van der Waals surface area contributed by atoms with Crippen molar-refractivity contribution in [3.8, 4) is 10.8 Å². The smallest absolute Gasteiger partial charge is 0.0852 e. The molecule has 3 rings (SSSR count). The zero-order valence-corrected chi connectivity index (χ0v) is 10.7. The summed E-state index contributed by atoms with van der Waals surface area (Å²) < 4.78 is 2.25. The third-order valence-electron chi connectivity index (χ3n) is 2.98. The van der Waals surface area contributed by atoms with Crippen molar-refractivity contribution in [3.63, 3.8) is 0 Å². The fourth-order valence-corrected chi connectivity index (χ4v) is 2.41. The Morgan fingerprint density at radius 1 is 0.882 bits per heavy atom. The zero-order valence-electron chi connectivity index (χ0n) is 9.15. The summed E-state index contributed by atoms with van der Waals surface area (Å²) in [6.07, 6.45) is 0. The third-order valence-corrected chi connectivity index (χ3v) is 3.26. The van der Waals surface area contributed by atoms with E-state index < -0.39 is 0 Å². The van der Waals surface area contributed by atoms with E-state index in [1.54, 1.807) is 0 Å². The predicted molar refractivity (Wildman–Crippen MR) is 76.1 cm³/mol. The molecule has 0 unspecified atom stereocenters. The molecule has 1 nitrogen and oxygen atoms in total. The maximum absolute atomic E-state index is 3.15. The fourth-order valence-electron chi connectivity index (χ4n) is 2.28. The van der Waals surface area contributed by atoms with Gasteiger partial charge in [-0.1, -0.05) is 42.3 Å². The molecule has 2 aromatic carbocycles. The molecule has 0 spiro atoms. The van der Waals surface area contributed by atoms with E-state index in [1.807, 2.05) is 0 Å². The molecule has 0 bridgehead atoms. The number of hydrogen-bond donors (Lipinski definition) is 0. The van der Waals surface area contributed by atoms with Crippen LogP contribution in [0, 0.1) is 10.8 Å². The minimum absolute atomic E-state index is 0.708. The van der Waals surface area contributed by atoms with Crippen molar-refractivity contribution in [2.24, 2.45) is 0 Å². The Morgan fingerprint density at radius 3 is 1.94 bits per heavy atom. The second-order valence-corrected chi connectivity index (χ2v) is 4.29. The van der Waals surface area contributed by atoms with Gasteiger partial charge in [-0.15, -0.1) is 0 Å². The summed E-state index contributed by atoms with van der Waals surface area (Å²) in [7, 11) is 0. The molecule has 17 heavy (non-hydrogen) atoms. The number of aromatic nitrogens is 1. The summed E-state index contributed by atoms with van der Waals surface area (Å²) >= 11 is 3.15. The van der Waals surface area contributed by atoms with Crippen LogP contribution >= 0.6 is 15.9 Å². The third kappa shape index (κ3) is 1.64. The molecule has 0 N–H and O–H groups in total. The lowest BCUT2D eigenvalue weighted by Crippen LogP contribution is -1.94. The molecule has 1 heterocycles. The van der Waals surface area contributed by atoms with E-state index in [0.29, 0.717) is 6.54 Å². The highest BCUT2D eigenvalue weighted by atomic mass is 79.9. The lowest BCUT2D eigenvalue weighted by molar-refractivity contribution is 0.924. The van der Waals surface area contributed by atoms with Crippen LogP contribution in [0.2, 0.25) is 0 Å². The van der Waals surface area contributed by atoms with Crippen LogP contribution in [0.15, 0.2) is 48.5 Å². The highest BCUT2D eigenvalue weighted by molar-refractivity contribution is 9.12. The van der Waals surface area contributed by atoms with Gasteiger partial charge in [0, 0.05) is 37.7 Å². The lowest BCUT2D eigenvalue weighted by Gasteiger charge is -2.01. The van der Waals surface area contributed by atoms with Crippen molar-refractivity contribution in [2.75, 3.05) is 0 Å². The van der Waals surface area contributed by atoms with Gasteiger partial charge < -0.3 is 4.57 Å². The topological polar surface area (TPSA) is 4.93 Å². The lowest BCUT2D eigenvalue weighted by atomic mass is 10.2. The van der Waals surface area contributed by atoms with Crippen LogP contribution in [-0.4, -0.2) is 4.57 Å². The van der Waals surface area contributed by atoms with E-state index in [-0.39, 0.29) is 0 Å². The molecule has 0 atom stereocenters. The van der Waals surface area contributed by atoms with E-state index in [0.717, 1.165) is 0 Å². The van der Waals surface area contributed by atoms with Crippen LogP contribution in [-0.2, 0) is 6.54 Å². The number of hydrogen-bond acceptors (Lipinski definition) is 0. The molecule has 2 heteroatoms. The second kappa shape index (κ2) is 4.27. The Morgan fingerprint density at radius 2 is 1.41 bits per heavy atom. The van der Waals surface area contributed by atoms with E-state index in [1.165, 1.54) is 21.8 Å². The van der Waals surface area contributed by atoms with Crippen LogP contribution in [0.1, 0.15) is 0 Å². The first-order chi connectivity index (χ1) is 8.42. The second-order valence-electron chi connectivity index (χ2n) is 3.89. The van der Waals surface area contributed by atoms with Gasteiger partial charge in [0.05, 0.1) is 6.54 Å². The van der Waals surface area contributed by atoms with Gasteiger partial charge in [-0.25, -0.2) is 0 Å². The van der Waals surface area contributed by atoms with Gasteiger partial charge in [0.2, 0.25) is 0 Å². The molecule has 0 aliphatic rings. The summed E-state index contributed by atoms with van der Waals surface area (Å²) in [4.78, 5) is 2.78. The molecule has 0 saturated heterocycles. The molecule has 0 fully saturated rings. The van der Waals surface area contributed by atoms with E-state index in [2.05, 4.69) is 79.8 Å². The minimum atomic E-state index is 0.708. The molecule has 0 aliphatic heterocycles. The van der Waals surface area contributed by atoms with Crippen molar-refractivity contribution >= 4 is 37.7 Å². The molecular formula is C15H10BrN. The quantitative estimate of drug-likeness (QED) is 0.592. The Kier molecular flexibility index (Phi) is 2.62. The van der Waals surface area contributed by atoms with Gasteiger partial charge in [-0.05, 0) is 17.0 Å². The minimum Gasteiger partial charge on any atom is -0.329 e. The van der Waals surface area contributed by atoms with Crippen molar-refractivity contribution in [1.29, 1.82) is 0 Å². The molecule has 0 aliphatic carbocycles. The number of benzene rings is 2. The Bertz CT molecular complexity index is 690. The standard InChI is InChI=1S/C15H10BrN/c16-10-5-11-17-14-8-3-1-6-12(14)13-7-2-4-9-15(13)17/h1-4,6-9H,11H2. The molecule has 82 valence electrons. The van der Waals surface area contributed by atoms with Gasteiger partial charge in [0.15, 0.2) is 0 Å². The van der Waals surface area contributed by atoms with Gasteiger partial charge in [-0.2, -0.15) is 0 Å². The zero-order chi connectivity index (χ0) is 11.7. The summed E-state index contributed by atoms with van der Waals surface area (Å²) in [6.45, 7) is 0.708. The monoisotopic (exact) mass is 283 g/mol. The predicted octanol–water partition coefficient (Wildman–Crippen LogP) is 4.15. The largest absolute Gasteiger partial charge is 0.329 e. The van der Waals surface area contributed by atoms with Gasteiger partial charge >= 0.3 is 0 Å². The average molecular weight is 284 g/mol. The highest BCUT2D eigenvalue weighted by Gasteiger charge is 2.07. The number of rotatable bonds is 1. The van der Waals surface area contributed by atoms with Crippen molar-refractivity contribution in [2.45, 2.75) is 6.54 Å². The highest BCUT2D eigenvalue weighted by Crippen LogP contribution is 2.28. The Hall–Kier alpha value is -1.72. The van der Waals surface area contributed by atoms with Crippen LogP contribution in [0.5, 0.6) is 0 Å². The molecule has 3 aromatic rings. The molecule has 0 saturated carbocycles. The Balaban J connectivity index is 2.44. The molecular weight excluding hydrogens is 274 g/mol. The summed E-state index contributed by atoms with van der Waals surface area (Å²) in [6, 6.07) is 16.9. The first-order valence-electron chi connectivity index (χ1n) is 5.46. The maximum Gasteiger partial charge on any atom is 0.0852 e. The normalized spacial score (nSPS) is 10.4. The number of fused-ring (bicyclic) bond motifs is 3. The van der Waals surface area contributed by atoms with E-state index in [4.69, 9.17) is 0 Å². The van der Waals surface area contributed by atoms with E-state index >= 15 is 0 Å². The fraction of sp³-hybridized carbons (Fsp3) is 0.0667. The maximum atomic E-state index is 3.15. The first-order valence-corrected chi connectivity index (χ1v) is 6.25. The SMILES string of the molecule is BrC#CCn1c2ccccc2c2ccccc21. The van der Waals surface area contributed by atoms with Crippen LogP contribution in [0.25, 0.3) is 21.8 Å². The van der Waals surface area contributed by atoms with Gasteiger partial charge in [0.1, 0.15) is 0 Å². The number of para-hydroxylation sites is 2. The average Bonchev–Trinajstić information content (AvgIpc) is 2.71. The summed E-state index contributed by atoms with van der Waals surface area (Å²) in [5, 5.41) is 2.58. The molecule has 0 radical (unpaired) electrons. The number of halogens is 1. The summed E-state index contributed by atoms with van der Waals surface area (Å²) in [5.41, 5.74) is 2.48. The van der Waals surface area contributed by atoms with Crippen LogP contribution < -0.4 is 0 Å². The van der Waals surface area contributed by atoms with Gasteiger partial charge in [0.25, 0.3) is 0 Å². The van der Waals surface area contributed by atoms with Crippen molar-refractivity contribution in [3.05, 3.63) is 48.5 Å². The van der Waals surface area contributed by atoms with Crippen LogP contribution in [0.4, 0.5) is 0 Å². The van der Waals surface area contributed by atoms with Crippen molar-refractivity contribution in [1.82, 2.24) is 4.57 Å². The summed E-state index contributed by atoms with van der Waals surface area (Å²) in [5.74, 6) is 3.06. The van der Waals surface area contributed by atoms with Crippen LogP contribution in [0.3, 0.4) is 0 Å². The first kappa shape index (κ1) is 10.4. The number of nitrogens with zero attached hydrogens (tertiary/aromatic N) is 1. The van der Waals surface area contributed by atoms with E-state index in [9.17, 15) is 0 Å². The Labute approximate surface area is 108 Å². The van der Waals surface area contributed by atoms with Crippen molar-refractivity contribution < 1.29 is 0 Å². The van der Waals surface area contributed by atoms with Gasteiger partial charge in [-0.3, -0.25) is 0 Å².